The van der Waals surface area contributed by atoms with Gasteiger partial charge in [0.1, 0.15) is 0 Å². The minimum Gasteiger partial charge on any atom is -0.481 e. The number of hydrogen-bond donors (Lipinski definition) is 2. The molecule has 0 aromatic carbocycles. The summed E-state index contributed by atoms with van der Waals surface area (Å²) in [5.74, 6) is 0.0953. The van der Waals surface area contributed by atoms with Gasteiger partial charge in [0.05, 0.1) is 6.42 Å². The molecule has 0 bridgehead atoms. The number of carbonyl (C=O) groups excluding carboxylic acids is 1. The summed E-state index contributed by atoms with van der Waals surface area (Å²) in [5, 5.41) is 15.0. The topological polar surface area (TPSA) is 109 Å². The van der Waals surface area contributed by atoms with Gasteiger partial charge in [-0.05, 0) is 6.92 Å². The lowest BCUT2D eigenvalue weighted by molar-refractivity contribution is -0.137. The molecule has 0 saturated heterocycles. The van der Waals surface area contributed by atoms with Crippen molar-refractivity contribution in [3.8, 4) is 0 Å². The molecule has 1 aromatic rings. The number of hydrogen-bond acceptors (Lipinski definition) is 5. The summed E-state index contributed by atoms with van der Waals surface area (Å²) < 4.78 is 4.81. The van der Waals surface area contributed by atoms with Crippen LogP contribution < -0.4 is 5.32 Å². The molecular formula is C11H18N4O4. The Morgan fingerprint density at radius 1 is 1.47 bits per heavy atom. The van der Waals surface area contributed by atoms with Crippen LogP contribution in [0, 0.1) is 6.92 Å². The first-order chi connectivity index (χ1) is 9.02. The number of carboxylic acid groups (broad SMARTS) is 1. The van der Waals surface area contributed by atoms with Crippen LogP contribution in [-0.4, -0.2) is 51.8 Å². The minimum atomic E-state index is -0.923. The molecule has 0 aliphatic carbocycles. The third-order valence-corrected chi connectivity index (χ3v) is 2.46. The lowest BCUT2D eigenvalue weighted by Gasteiger charge is -2.20. The molecule has 0 unspecified atom stereocenters. The number of carboxylic acids is 1. The summed E-state index contributed by atoms with van der Waals surface area (Å²) in [5.41, 5.74) is 0. The van der Waals surface area contributed by atoms with Crippen LogP contribution in [0.5, 0.6) is 0 Å². The Balaban J connectivity index is 2.30. The van der Waals surface area contributed by atoms with Crippen LogP contribution >= 0.6 is 0 Å². The fourth-order valence-electron chi connectivity index (χ4n) is 1.47. The molecule has 0 radical (unpaired) electrons. The number of carbonyl (C=O) groups is 2. The quantitative estimate of drug-likeness (QED) is 0.743. The van der Waals surface area contributed by atoms with Gasteiger partial charge in [0.2, 0.25) is 5.89 Å². The van der Waals surface area contributed by atoms with Gasteiger partial charge < -0.3 is 19.8 Å². The Kier molecular flexibility index (Phi) is 5.77. The Morgan fingerprint density at radius 2 is 2.21 bits per heavy atom. The zero-order valence-corrected chi connectivity index (χ0v) is 11.0. The van der Waals surface area contributed by atoms with Gasteiger partial charge in [-0.1, -0.05) is 5.16 Å². The van der Waals surface area contributed by atoms with Gasteiger partial charge >= 0.3 is 12.0 Å². The Labute approximate surface area is 110 Å². The highest BCUT2D eigenvalue weighted by Gasteiger charge is 2.12. The maximum Gasteiger partial charge on any atom is 0.317 e. The maximum atomic E-state index is 11.7. The second-order valence-electron chi connectivity index (χ2n) is 3.93. The average molecular weight is 270 g/mol. The number of amides is 2. The van der Waals surface area contributed by atoms with E-state index in [0.717, 1.165) is 0 Å². The van der Waals surface area contributed by atoms with Crippen molar-refractivity contribution in [2.45, 2.75) is 26.7 Å². The SMILES string of the molecule is CCN(CCC(=O)O)C(=O)NCCc1noc(C)n1. The monoisotopic (exact) mass is 270 g/mol. The van der Waals surface area contributed by atoms with Gasteiger partial charge in [-0.15, -0.1) is 0 Å². The first-order valence-corrected chi connectivity index (χ1v) is 6.06. The highest BCUT2D eigenvalue weighted by molar-refractivity contribution is 5.75. The predicted molar refractivity (Wildman–Crippen MR) is 65.6 cm³/mol. The third kappa shape index (κ3) is 5.36. The molecule has 0 atom stereocenters. The minimum absolute atomic E-state index is 0.0642. The van der Waals surface area contributed by atoms with E-state index < -0.39 is 5.97 Å². The van der Waals surface area contributed by atoms with Crippen molar-refractivity contribution >= 4 is 12.0 Å². The normalized spacial score (nSPS) is 10.2. The second kappa shape index (κ2) is 7.34. The van der Waals surface area contributed by atoms with Gasteiger partial charge in [-0.25, -0.2) is 4.79 Å². The number of aryl methyl sites for hydroxylation is 1. The number of nitrogens with one attached hydrogen (secondary N) is 1. The number of urea groups is 1. The van der Waals surface area contributed by atoms with Crippen molar-refractivity contribution in [2.24, 2.45) is 0 Å². The van der Waals surface area contributed by atoms with E-state index in [9.17, 15) is 9.59 Å². The van der Waals surface area contributed by atoms with Crippen molar-refractivity contribution in [1.29, 1.82) is 0 Å². The van der Waals surface area contributed by atoms with E-state index in [4.69, 9.17) is 9.63 Å². The van der Waals surface area contributed by atoms with Crippen molar-refractivity contribution in [1.82, 2.24) is 20.4 Å². The van der Waals surface area contributed by atoms with Crippen LogP contribution in [0.3, 0.4) is 0 Å². The van der Waals surface area contributed by atoms with Gasteiger partial charge in [-0.2, -0.15) is 4.98 Å². The molecule has 0 spiro atoms. The lowest BCUT2D eigenvalue weighted by Crippen LogP contribution is -2.41. The van der Waals surface area contributed by atoms with Crippen LogP contribution in [0.15, 0.2) is 4.52 Å². The molecule has 1 rings (SSSR count). The average Bonchev–Trinajstić information content (AvgIpc) is 2.75. The summed E-state index contributed by atoms with van der Waals surface area (Å²) in [6, 6.07) is -0.288. The van der Waals surface area contributed by atoms with E-state index in [1.54, 1.807) is 13.8 Å². The molecular weight excluding hydrogens is 252 g/mol. The van der Waals surface area contributed by atoms with Crippen LogP contribution in [0.2, 0.25) is 0 Å². The molecule has 0 saturated carbocycles. The molecule has 2 amide bonds. The maximum absolute atomic E-state index is 11.7. The Morgan fingerprint density at radius 3 is 2.74 bits per heavy atom. The fourth-order valence-corrected chi connectivity index (χ4v) is 1.47. The fraction of sp³-hybridized carbons (Fsp3) is 0.636. The molecule has 19 heavy (non-hydrogen) atoms. The molecule has 106 valence electrons. The van der Waals surface area contributed by atoms with E-state index in [-0.39, 0.29) is 19.0 Å². The van der Waals surface area contributed by atoms with Crippen molar-refractivity contribution in [3.05, 3.63) is 11.7 Å². The summed E-state index contributed by atoms with van der Waals surface area (Å²) in [4.78, 5) is 27.6. The molecule has 2 N–H and O–H groups in total. The van der Waals surface area contributed by atoms with Gasteiger partial charge in [0.25, 0.3) is 0 Å². The molecule has 1 aromatic heterocycles. The van der Waals surface area contributed by atoms with E-state index in [0.29, 0.717) is 31.2 Å². The van der Waals surface area contributed by atoms with E-state index in [1.165, 1.54) is 4.90 Å². The molecule has 0 fully saturated rings. The number of aromatic nitrogens is 2. The van der Waals surface area contributed by atoms with Crippen molar-refractivity contribution in [2.75, 3.05) is 19.6 Å². The summed E-state index contributed by atoms with van der Waals surface area (Å²) in [7, 11) is 0. The van der Waals surface area contributed by atoms with E-state index >= 15 is 0 Å². The lowest BCUT2D eigenvalue weighted by atomic mass is 10.4. The largest absolute Gasteiger partial charge is 0.481 e. The summed E-state index contributed by atoms with van der Waals surface area (Å²) in [6.07, 6.45) is 0.408. The van der Waals surface area contributed by atoms with Crippen LogP contribution in [-0.2, 0) is 11.2 Å². The Hall–Kier alpha value is -2.12. The highest BCUT2D eigenvalue weighted by atomic mass is 16.5. The predicted octanol–water partition coefficient (Wildman–Crippen LogP) is 0.427. The van der Waals surface area contributed by atoms with Crippen LogP contribution in [0.25, 0.3) is 0 Å². The zero-order chi connectivity index (χ0) is 14.3. The van der Waals surface area contributed by atoms with Gasteiger partial charge in [0.15, 0.2) is 5.82 Å². The van der Waals surface area contributed by atoms with Gasteiger partial charge in [0, 0.05) is 33.0 Å². The molecule has 1 heterocycles. The van der Waals surface area contributed by atoms with Crippen molar-refractivity contribution < 1.29 is 19.2 Å². The van der Waals surface area contributed by atoms with Crippen LogP contribution in [0.4, 0.5) is 4.79 Å². The summed E-state index contributed by atoms with van der Waals surface area (Å²) >= 11 is 0. The third-order valence-electron chi connectivity index (χ3n) is 2.46. The van der Waals surface area contributed by atoms with E-state index in [1.807, 2.05) is 0 Å². The summed E-state index contributed by atoms with van der Waals surface area (Å²) in [6.45, 7) is 4.52. The van der Waals surface area contributed by atoms with Crippen LogP contribution in [0.1, 0.15) is 25.1 Å². The first-order valence-electron chi connectivity index (χ1n) is 6.06. The standard InChI is InChI=1S/C11H18N4O4/c1-3-15(7-5-10(16)17)11(18)12-6-4-9-13-8(2)19-14-9/h3-7H2,1-2H3,(H,12,18)(H,16,17). The highest BCUT2D eigenvalue weighted by Crippen LogP contribution is 1.96. The molecule has 8 nitrogen and oxygen atoms in total. The zero-order valence-electron chi connectivity index (χ0n) is 11.0. The Bertz CT molecular complexity index is 432. The van der Waals surface area contributed by atoms with E-state index in [2.05, 4.69) is 15.5 Å². The number of rotatable bonds is 7. The first kappa shape index (κ1) is 14.9. The number of nitrogens with zero attached hydrogens (tertiary/aromatic N) is 3. The molecule has 0 aliphatic heterocycles. The van der Waals surface area contributed by atoms with Gasteiger partial charge in [-0.3, -0.25) is 4.79 Å². The second-order valence-corrected chi connectivity index (χ2v) is 3.93. The van der Waals surface area contributed by atoms with Crippen molar-refractivity contribution in [3.63, 3.8) is 0 Å². The molecule has 8 heteroatoms. The smallest absolute Gasteiger partial charge is 0.317 e. The number of aliphatic carboxylic acids is 1. The molecule has 0 aliphatic rings.